The number of amides is 2. The van der Waals surface area contributed by atoms with Gasteiger partial charge in [-0.1, -0.05) is 19.1 Å². The molecule has 1 saturated heterocycles. The lowest BCUT2D eigenvalue weighted by Crippen LogP contribution is -2.45. The number of nitrogens with zero attached hydrogens (tertiary/aromatic N) is 4. The molecule has 2 N–H and O–H groups in total. The van der Waals surface area contributed by atoms with Crippen molar-refractivity contribution in [1.29, 1.82) is 0 Å². The number of rotatable bonds is 8. The molecule has 236 valence electrons. The highest BCUT2D eigenvalue weighted by Crippen LogP contribution is 2.34. The Morgan fingerprint density at radius 1 is 0.933 bits per heavy atom. The number of anilines is 2. The molecule has 0 spiro atoms. The number of benzene rings is 3. The Bertz CT molecular complexity index is 1750. The number of fused-ring (bicyclic) bond motifs is 1. The zero-order valence-electron chi connectivity index (χ0n) is 25.7. The largest absolute Gasteiger partial charge is 0.416 e. The Hall–Kier alpha value is -4.22. The van der Waals surface area contributed by atoms with Gasteiger partial charge in [-0.25, -0.2) is 4.98 Å². The average Bonchev–Trinajstić information content (AvgIpc) is 3.82. The van der Waals surface area contributed by atoms with E-state index < -0.39 is 17.6 Å². The van der Waals surface area contributed by atoms with E-state index in [1.807, 2.05) is 42.8 Å². The summed E-state index contributed by atoms with van der Waals surface area (Å²) < 4.78 is 43.4. The first-order chi connectivity index (χ1) is 21.5. The van der Waals surface area contributed by atoms with E-state index in [1.54, 1.807) is 18.2 Å². The maximum atomic E-state index is 13.8. The van der Waals surface area contributed by atoms with E-state index in [0.29, 0.717) is 29.1 Å². The van der Waals surface area contributed by atoms with E-state index in [-0.39, 0.29) is 17.5 Å². The quantitative estimate of drug-likeness (QED) is 0.242. The summed E-state index contributed by atoms with van der Waals surface area (Å²) >= 11 is 0. The van der Waals surface area contributed by atoms with Gasteiger partial charge in [0.2, 0.25) is 11.9 Å². The smallest absolute Gasteiger partial charge is 0.322 e. The standard InChI is InChI=1S/C34H37F3N6O2/c1-4-42-11-13-43(14-12-42)20-22-15-26(34(35,36)37)19-27(16-22)38-32(45)25-6-5-21(2)28(17-25)24-9-10-30-29(18-24)39-33(41(30)3)40-31(44)23-7-8-23/h5-6,9-10,15-19,23H,4,7-8,11-14,20H2,1-3H3,(H,38,45)(H,39,40,44). The van der Waals surface area contributed by atoms with Crippen LogP contribution in [0.4, 0.5) is 24.8 Å². The van der Waals surface area contributed by atoms with Crippen molar-refractivity contribution in [3.8, 4) is 11.1 Å². The molecule has 2 amide bonds. The van der Waals surface area contributed by atoms with Crippen molar-refractivity contribution >= 4 is 34.5 Å². The molecule has 0 unspecified atom stereocenters. The van der Waals surface area contributed by atoms with Crippen LogP contribution >= 0.6 is 0 Å². The highest BCUT2D eigenvalue weighted by molar-refractivity contribution is 6.05. The maximum absolute atomic E-state index is 13.8. The maximum Gasteiger partial charge on any atom is 0.416 e. The van der Waals surface area contributed by atoms with Gasteiger partial charge < -0.3 is 14.8 Å². The SMILES string of the molecule is CCN1CCN(Cc2cc(NC(=O)c3ccc(C)c(-c4ccc5c(c4)nc(NC(=O)C4CC4)n5C)c3)cc(C(F)(F)F)c2)CC1. The zero-order valence-corrected chi connectivity index (χ0v) is 25.7. The van der Waals surface area contributed by atoms with Gasteiger partial charge in [0.1, 0.15) is 0 Å². The molecular formula is C34H37F3N6O2. The summed E-state index contributed by atoms with van der Waals surface area (Å²) in [6.45, 7) is 8.66. The first kappa shape index (κ1) is 30.8. The third-order valence-corrected chi connectivity index (χ3v) is 8.77. The number of hydrogen-bond acceptors (Lipinski definition) is 5. The summed E-state index contributed by atoms with van der Waals surface area (Å²) in [7, 11) is 1.85. The Kier molecular flexibility index (Phi) is 8.41. The molecule has 4 aromatic rings. The van der Waals surface area contributed by atoms with Crippen LogP contribution in [0.15, 0.2) is 54.6 Å². The van der Waals surface area contributed by atoms with Crippen LogP contribution in [-0.2, 0) is 24.6 Å². The molecule has 1 saturated carbocycles. The first-order valence-electron chi connectivity index (χ1n) is 15.3. The molecule has 0 radical (unpaired) electrons. The molecule has 45 heavy (non-hydrogen) atoms. The summed E-state index contributed by atoms with van der Waals surface area (Å²) in [5.41, 5.74) is 4.25. The van der Waals surface area contributed by atoms with Gasteiger partial charge in [0.05, 0.1) is 16.6 Å². The second-order valence-electron chi connectivity index (χ2n) is 12.1. The molecule has 8 nitrogen and oxygen atoms in total. The topological polar surface area (TPSA) is 82.5 Å². The fourth-order valence-corrected chi connectivity index (χ4v) is 5.86. The molecule has 6 rings (SSSR count). The molecular weight excluding hydrogens is 581 g/mol. The number of piperazine rings is 1. The number of hydrogen-bond donors (Lipinski definition) is 2. The lowest BCUT2D eigenvalue weighted by Gasteiger charge is -2.34. The lowest BCUT2D eigenvalue weighted by molar-refractivity contribution is -0.137. The summed E-state index contributed by atoms with van der Waals surface area (Å²) in [4.78, 5) is 34.8. The minimum atomic E-state index is -4.54. The van der Waals surface area contributed by atoms with E-state index in [0.717, 1.165) is 73.8 Å². The number of halogens is 3. The number of alkyl halides is 3. The molecule has 1 aromatic heterocycles. The normalized spacial score (nSPS) is 16.2. The van der Waals surface area contributed by atoms with E-state index in [1.165, 1.54) is 6.07 Å². The first-order valence-corrected chi connectivity index (χ1v) is 15.3. The van der Waals surface area contributed by atoms with Crippen molar-refractivity contribution in [3.63, 3.8) is 0 Å². The van der Waals surface area contributed by atoms with Gasteiger partial charge in [0.15, 0.2) is 0 Å². The van der Waals surface area contributed by atoms with Gasteiger partial charge in [-0.3, -0.25) is 19.8 Å². The second kappa shape index (κ2) is 12.3. The zero-order chi connectivity index (χ0) is 31.9. The van der Waals surface area contributed by atoms with Gasteiger partial charge in [-0.15, -0.1) is 0 Å². The second-order valence-corrected chi connectivity index (χ2v) is 12.1. The number of likely N-dealkylation sites (N-methyl/N-ethyl adjacent to an activating group) is 1. The molecule has 1 aliphatic carbocycles. The monoisotopic (exact) mass is 618 g/mol. The summed E-state index contributed by atoms with van der Waals surface area (Å²) in [6.07, 6.45) is -2.75. The number of carbonyl (C=O) groups is 2. The van der Waals surface area contributed by atoms with Gasteiger partial charge in [0.25, 0.3) is 5.91 Å². The van der Waals surface area contributed by atoms with E-state index >= 15 is 0 Å². The van der Waals surface area contributed by atoms with Crippen molar-refractivity contribution in [2.75, 3.05) is 43.4 Å². The van der Waals surface area contributed by atoms with Gasteiger partial charge >= 0.3 is 6.18 Å². The van der Waals surface area contributed by atoms with E-state index in [2.05, 4.69) is 32.3 Å². The van der Waals surface area contributed by atoms with Crippen molar-refractivity contribution in [1.82, 2.24) is 19.4 Å². The third-order valence-electron chi connectivity index (χ3n) is 8.77. The van der Waals surface area contributed by atoms with Crippen LogP contribution in [0.25, 0.3) is 22.2 Å². The predicted octanol–water partition coefficient (Wildman–Crippen LogP) is 6.31. The number of aromatic nitrogens is 2. The molecule has 0 atom stereocenters. The molecule has 2 fully saturated rings. The van der Waals surface area contributed by atoms with Crippen LogP contribution in [0.3, 0.4) is 0 Å². The Labute approximate surface area is 260 Å². The lowest BCUT2D eigenvalue weighted by atomic mass is 9.97. The molecule has 3 aromatic carbocycles. The summed E-state index contributed by atoms with van der Waals surface area (Å²) in [5, 5.41) is 5.62. The fourth-order valence-electron chi connectivity index (χ4n) is 5.86. The fraction of sp³-hybridized carbons (Fsp3) is 0.382. The molecule has 2 aliphatic rings. The van der Waals surface area contributed by atoms with Crippen molar-refractivity contribution < 1.29 is 22.8 Å². The number of nitrogens with one attached hydrogen (secondary N) is 2. The molecule has 11 heteroatoms. The number of imidazole rings is 1. The Morgan fingerprint density at radius 2 is 1.67 bits per heavy atom. The van der Waals surface area contributed by atoms with Gasteiger partial charge in [-0.2, -0.15) is 13.2 Å². The molecule has 1 aliphatic heterocycles. The van der Waals surface area contributed by atoms with Crippen molar-refractivity contribution in [3.05, 3.63) is 76.9 Å². The minimum absolute atomic E-state index is 0.0223. The van der Waals surface area contributed by atoms with Crippen LogP contribution in [-0.4, -0.2) is 63.9 Å². The minimum Gasteiger partial charge on any atom is -0.322 e. The number of carbonyl (C=O) groups excluding carboxylic acids is 2. The molecule has 2 heterocycles. The van der Waals surface area contributed by atoms with Crippen LogP contribution in [0, 0.1) is 12.8 Å². The van der Waals surface area contributed by atoms with Crippen LogP contribution in [0.1, 0.15) is 46.8 Å². The van der Waals surface area contributed by atoms with Gasteiger partial charge in [-0.05, 0) is 91.0 Å². The Balaban J connectivity index is 1.23. The molecule has 0 bridgehead atoms. The Morgan fingerprint density at radius 3 is 2.36 bits per heavy atom. The van der Waals surface area contributed by atoms with Gasteiger partial charge in [0, 0.05) is 56.9 Å². The van der Waals surface area contributed by atoms with Crippen LogP contribution in [0.5, 0.6) is 0 Å². The van der Waals surface area contributed by atoms with Crippen LogP contribution < -0.4 is 10.6 Å². The van der Waals surface area contributed by atoms with Crippen LogP contribution in [0.2, 0.25) is 0 Å². The highest BCUT2D eigenvalue weighted by Gasteiger charge is 2.32. The average molecular weight is 619 g/mol. The van der Waals surface area contributed by atoms with E-state index in [4.69, 9.17) is 0 Å². The number of aryl methyl sites for hydroxylation is 2. The van der Waals surface area contributed by atoms with Crippen molar-refractivity contribution in [2.24, 2.45) is 13.0 Å². The van der Waals surface area contributed by atoms with E-state index in [9.17, 15) is 22.8 Å². The summed E-state index contributed by atoms with van der Waals surface area (Å²) in [5.74, 6) is 0.0154. The highest BCUT2D eigenvalue weighted by atomic mass is 19.4. The van der Waals surface area contributed by atoms with Crippen molar-refractivity contribution in [2.45, 2.75) is 39.4 Å². The summed E-state index contributed by atoms with van der Waals surface area (Å²) in [6, 6.07) is 14.8. The third kappa shape index (κ3) is 6.89. The predicted molar refractivity (Wildman–Crippen MR) is 169 cm³/mol.